The van der Waals surface area contributed by atoms with Gasteiger partial charge in [0.1, 0.15) is 18.5 Å². The van der Waals surface area contributed by atoms with Crippen LogP contribution in [0.1, 0.15) is 34.3 Å². The zero-order valence-electron chi connectivity index (χ0n) is 22.6. The largest absolute Gasteiger partial charge is 0.445 e. The fourth-order valence-electron chi connectivity index (χ4n) is 4.41. The molecule has 0 aliphatic carbocycles. The minimum Gasteiger partial charge on any atom is -0.445 e. The van der Waals surface area contributed by atoms with Crippen molar-refractivity contribution in [2.45, 2.75) is 31.5 Å². The Labute approximate surface area is 236 Å². The minimum absolute atomic E-state index is 0.0163. The van der Waals surface area contributed by atoms with Crippen molar-refractivity contribution in [2.24, 2.45) is 0 Å². The summed E-state index contributed by atoms with van der Waals surface area (Å²) in [6.07, 6.45) is 0.589. The number of urea groups is 1. The molecule has 2 atom stereocenters. The number of nitrogens with zero attached hydrogens (tertiary/aromatic N) is 2. The summed E-state index contributed by atoms with van der Waals surface area (Å²) in [6.45, 7) is 0.264. The second-order valence-electron chi connectivity index (χ2n) is 9.63. The van der Waals surface area contributed by atoms with Crippen molar-refractivity contribution in [3.8, 4) is 0 Å². The van der Waals surface area contributed by atoms with E-state index in [-0.39, 0.29) is 19.0 Å². The van der Waals surface area contributed by atoms with E-state index in [4.69, 9.17) is 9.47 Å². The van der Waals surface area contributed by atoms with Crippen LogP contribution in [0.5, 0.6) is 0 Å². The van der Waals surface area contributed by atoms with Crippen LogP contribution >= 0.6 is 0 Å². The third-order valence-corrected chi connectivity index (χ3v) is 6.39. The number of ether oxygens (including phenoxy) is 2. The maximum atomic E-state index is 14.1. The van der Waals surface area contributed by atoms with Crippen LogP contribution in [0.15, 0.2) is 72.9 Å². The van der Waals surface area contributed by atoms with Gasteiger partial charge >= 0.3 is 12.1 Å². The molecule has 3 N–H and O–H groups in total. The highest BCUT2D eigenvalue weighted by molar-refractivity contribution is 5.96. The second kappa shape index (κ2) is 13.2. The average molecular weight is 568 g/mol. The third kappa shape index (κ3) is 7.98. The van der Waals surface area contributed by atoms with E-state index in [1.807, 2.05) is 43.3 Å². The highest BCUT2D eigenvalue weighted by Crippen LogP contribution is 2.29. The van der Waals surface area contributed by atoms with E-state index in [0.717, 1.165) is 16.0 Å². The molecule has 0 saturated carbocycles. The number of carbonyl (C=O) groups excluding carboxylic acids is 3. The van der Waals surface area contributed by atoms with Gasteiger partial charge in [-0.3, -0.25) is 4.79 Å². The molecule has 1 aromatic heterocycles. The van der Waals surface area contributed by atoms with Gasteiger partial charge in [-0.25, -0.2) is 23.4 Å². The van der Waals surface area contributed by atoms with Gasteiger partial charge in [0.05, 0.1) is 25.7 Å². The van der Waals surface area contributed by atoms with E-state index in [1.54, 1.807) is 24.3 Å². The molecule has 0 unspecified atom stereocenters. The fourth-order valence-corrected chi connectivity index (χ4v) is 4.41. The lowest BCUT2D eigenvalue weighted by Crippen LogP contribution is -2.58. The van der Waals surface area contributed by atoms with Crippen LogP contribution in [0.3, 0.4) is 0 Å². The Kier molecular flexibility index (Phi) is 9.45. The quantitative estimate of drug-likeness (QED) is 0.335. The molecule has 10 nitrogen and oxygen atoms in total. The average Bonchev–Trinajstić information content (AvgIpc) is 2.95. The number of pyridine rings is 1. The number of anilines is 1. The van der Waals surface area contributed by atoms with Crippen molar-refractivity contribution < 1.29 is 32.6 Å². The van der Waals surface area contributed by atoms with Crippen LogP contribution in [0.25, 0.3) is 0 Å². The van der Waals surface area contributed by atoms with Crippen molar-refractivity contribution in [3.05, 3.63) is 95.2 Å². The number of benzene rings is 2. The number of methoxy groups -OCH3 is 1. The predicted molar refractivity (Wildman–Crippen MR) is 146 cm³/mol. The van der Waals surface area contributed by atoms with Crippen LogP contribution in [0, 0.1) is 6.92 Å². The van der Waals surface area contributed by atoms with E-state index in [9.17, 15) is 23.2 Å². The highest BCUT2D eigenvalue weighted by atomic mass is 19.3. The number of hydrogen-bond acceptors (Lipinski definition) is 6. The summed E-state index contributed by atoms with van der Waals surface area (Å²) in [7, 11) is 1.39. The van der Waals surface area contributed by atoms with Crippen molar-refractivity contribution in [1.82, 2.24) is 20.5 Å². The van der Waals surface area contributed by atoms with Gasteiger partial charge in [-0.05, 0) is 35.7 Å². The molecule has 216 valence electrons. The first kappa shape index (κ1) is 29.4. The molecule has 4 amide bonds. The highest BCUT2D eigenvalue weighted by Gasteiger charge is 2.42. The minimum atomic E-state index is -3.12. The van der Waals surface area contributed by atoms with Gasteiger partial charge < -0.3 is 30.3 Å². The van der Waals surface area contributed by atoms with Gasteiger partial charge in [0.25, 0.3) is 11.8 Å². The van der Waals surface area contributed by atoms with Gasteiger partial charge in [0.2, 0.25) is 0 Å². The number of alkyl carbamates (subject to hydrolysis) is 1. The molecule has 12 heteroatoms. The topological polar surface area (TPSA) is 122 Å². The summed E-state index contributed by atoms with van der Waals surface area (Å²) in [4.78, 5) is 43.7. The van der Waals surface area contributed by atoms with E-state index in [1.165, 1.54) is 19.4 Å². The summed E-state index contributed by atoms with van der Waals surface area (Å²) in [5, 5.41) is 7.49. The van der Waals surface area contributed by atoms with Crippen molar-refractivity contribution in [1.29, 1.82) is 0 Å². The number of amides is 4. The van der Waals surface area contributed by atoms with E-state index >= 15 is 0 Å². The smallest absolute Gasteiger partial charge is 0.408 e. The summed E-state index contributed by atoms with van der Waals surface area (Å²) in [5.41, 5.74) is 2.59. The van der Waals surface area contributed by atoms with Crippen LogP contribution in [0.2, 0.25) is 0 Å². The van der Waals surface area contributed by atoms with E-state index < -0.39 is 49.1 Å². The Morgan fingerprint density at radius 1 is 1.10 bits per heavy atom. The maximum Gasteiger partial charge on any atom is 0.408 e. The molecule has 0 bridgehead atoms. The molecule has 1 saturated heterocycles. The Balaban J connectivity index is 1.53. The lowest BCUT2D eigenvalue weighted by atomic mass is 10.0. The number of rotatable bonds is 10. The Hall–Kier alpha value is -4.58. The molecular formula is C29H31F2N5O5. The first-order valence-corrected chi connectivity index (χ1v) is 12.9. The Morgan fingerprint density at radius 2 is 1.88 bits per heavy atom. The third-order valence-electron chi connectivity index (χ3n) is 6.39. The van der Waals surface area contributed by atoms with Crippen LogP contribution < -0.4 is 16.0 Å². The van der Waals surface area contributed by atoms with Gasteiger partial charge in [-0.1, -0.05) is 60.2 Å². The second-order valence-corrected chi connectivity index (χ2v) is 9.63. The lowest BCUT2D eigenvalue weighted by molar-refractivity contribution is -0.118. The number of aryl methyl sites for hydroxylation is 1. The van der Waals surface area contributed by atoms with Gasteiger partial charge in [-0.15, -0.1) is 0 Å². The number of carbonyl (C=O) groups is 3. The van der Waals surface area contributed by atoms with Crippen molar-refractivity contribution in [2.75, 3.05) is 32.1 Å². The molecule has 4 rings (SSSR count). The number of hydrogen-bond donors (Lipinski definition) is 3. The van der Waals surface area contributed by atoms with Crippen molar-refractivity contribution >= 4 is 23.8 Å². The number of alkyl halides is 2. The summed E-state index contributed by atoms with van der Waals surface area (Å²) < 4.78 is 38.8. The molecule has 1 fully saturated rings. The molecule has 2 aromatic carbocycles. The van der Waals surface area contributed by atoms with Crippen molar-refractivity contribution in [3.63, 3.8) is 0 Å². The van der Waals surface area contributed by atoms with Crippen LogP contribution in [-0.4, -0.2) is 60.6 Å². The number of halogens is 2. The number of nitrogens with one attached hydrogen (secondary N) is 3. The zero-order valence-corrected chi connectivity index (χ0v) is 22.6. The Morgan fingerprint density at radius 3 is 2.61 bits per heavy atom. The maximum absolute atomic E-state index is 14.1. The van der Waals surface area contributed by atoms with Gasteiger partial charge in [0, 0.05) is 13.3 Å². The molecule has 3 aromatic rings. The monoisotopic (exact) mass is 567 g/mol. The normalized spacial score (nSPS) is 15.8. The zero-order chi connectivity index (χ0) is 29.4. The molecule has 0 spiro atoms. The number of aromatic nitrogens is 1. The van der Waals surface area contributed by atoms with E-state index in [0.29, 0.717) is 11.1 Å². The fraction of sp³-hybridized carbons (Fsp3) is 0.310. The van der Waals surface area contributed by atoms with E-state index in [2.05, 4.69) is 20.9 Å². The van der Waals surface area contributed by atoms with Crippen LogP contribution in [0.4, 0.5) is 24.2 Å². The summed E-state index contributed by atoms with van der Waals surface area (Å²) in [6, 6.07) is 16.5. The molecule has 1 aliphatic rings. The van der Waals surface area contributed by atoms with Gasteiger partial charge in [-0.2, -0.15) is 0 Å². The molecule has 1 aliphatic heterocycles. The van der Waals surface area contributed by atoms with Crippen LogP contribution in [-0.2, 0) is 20.9 Å². The SMILES string of the molecule is COC[C@H](c1ccnc(NC(=O)[C@@H](NC(=O)OCc2ccccc2)c2cccc(C)c2)c1)N1CC(F)(F)CNC1=O. The summed E-state index contributed by atoms with van der Waals surface area (Å²) in [5.74, 6) is -3.64. The summed E-state index contributed by atoms with van der Waals surface area (Å²) >= 11 is 0. The first-order chi connectivity index (χ1) is 19.6. The molecule has 0 radical (unpaired) electrons. The van der Waals surface area contributed by atoms with Gasteiger partial charge in [0.15, 0.2) is 0 Å². The molecule has 2 heterocycles. The first-order valence-electron chi connectivity index (χ1n) is 12.9. The lowest BCUT2D eigenvalue weighted by Gasteiger charge is -2.38. The predicted octanol–water partition coefficient (Wildman–Crippen LogP) is 4.34. The molecular weight excluding hydrogens is 536 g/mol. The standard InChI is InChI=1S/C29H31F2N5O5/c1-19-7-6-10-22(13-19)25(35-28(39)41-15-20-8-4-3-5-9-20)26(37)34-24-14-21(11-12-32-24)23(16-40-2)36-18-29(30,31)17-33-27(36)38/h3-14,23,25H,15-18H2,1-2H3,(H,33,38)(H,35,39)(H,32,34,37)/t23-,25+/m1/s1. The molecule has 41 heavy (non-hydrogen) atoms. The Bertz CT molecular complexity index is 1370.